The zero-order valence-corrected chi connectivity index (χ0v) is 17.6. The maximum Gasteiger partial charge on any atom is 0.273 e. The van der Waals surface area contributed by atoms with E-state index in [0.717, 1.165) is 35.9 Å². The predicted octanol–water partition coefficient (Wildman–Crippen LogP) is 5.53. The molecule has 28 heavy (non-hydrogen) atoms. The molecule has 1 N–H and O–H groups in total. The fourth-order valence-corrected chi connectivity index (χ4v) is 3.49. The molecule has 4 nitrogen and oxygen atoms in total. The minimum atomic E-state index is -0.477. The van der Waals surface area contributed by atoms with Crippen LogP contribution in [0.15, 0.2) is 54.6 Å². The van der Waals surface area contributed by atoms with Crippen LogP contribution >= 0.6 is 0 Å². The molecule has 0 spiro atoms. The Kier molecular flexibility index (Phi) is 5.59. The van der Waals surface area contributed by atoms with Gasteiger partial charge in [0.05, 0.1) is 11.1 Å². The van der Waals surface area contributed by atoms with Gasteiger partial charge in [0, 0.05) is 11.9 Å². The summed E-state index contributed by atoms with van der Waals surface area (Å²) in [7, 11) is 0. The van der Waals surface area contributed by atoms with Crippen LogP contribution in [0.4, 0.5) is 0 Å². The summed E-state index contributed by atoms with van der Waals surface area (Å²) in [5.74, 6) is -0.139. The Balaban J connectivity index is 1.85. The van der Waals surface area contributed by atoms with Gasteiger partial charge in [-0.15, -0.1) is 0 Å². The molecule has 1 amide bonds. The molecule has 3 aromatic rings. The number of nitrogens with one attached hydrogen (secondary N) is 1. The molecule has 0 aliphatic heterocycles. The van der Waals surface area contributed by atoms with E-state index >= 15 is 0 Å². The Morgan fingerprint density at radius 2 is 1.61 bits per heavy atom. The number of carbonyl (C=O) groups is 1. The van der Waals surface area contributed by atoms with E-state index in [9.17, 15) is 4.79 Å². The van der Waals surface area contributed by atoms with Crippen LogP contribution in [0.25, 0.3) is 10.9 Å². The Labute approximate surface area is 168 Å². The Morgan fingerprint density at radius 3 is 2.29 bits per heavy atom. The van der Waals surface area contributed by atoms with Crippen molar-refractivity contribution < 1.29 is 4.79 Å². The van der Waals surface area contributed by atoms with Crippen molar-refractivity contribution in [1.82, 2.24) is 15.1 Å². The minimum Gasteiger partial charge on any atom is -0.342 e. The van der Waals surface area contributed by atoms with Crippen molar-refractivity contribution >= 4 is 16.8 Å². The first-order chi connectivity index (χ1) is 13.2. The third kappa shape index (κ3) is 4.61. The molecule has 0 fully saturated rings. The molecule has 1 aromatic heterocycles. The number of hydrogen-bond acceptors (Lipinski definition) is 2. The summed E-state index contributed by atoms with van der Waals surface area (Å²) >= 11 is 0. The molecule has 0 aliphatic carbocycles. The van der Waals surface area contributed by atoms with Gasteiger partial charge in [0.15, 0.2) is 5.69 Å². The quantitative estimate of drug-likeness (QED) is 0.614. The van der Waals surface area contributed by atoms with Gasteiger partial charge in [-0.05, 0) is 43.7 Å². The van der Waals surface area contributed by atoms with Crippen LogP contribution in [-0.4, -0.2) is 15.7 Å². The van der Waals surface area contributed by atoms with Crippen LogP contribution in [0.3, 0.4) is 0 Å². The van der Waals surface area contributed by atoms with Gasteiger partial charge in [-0.25, -0.2) is 0 Å². The third-order valence-corrected chi connectivity index (χ3v) is 5.09. The van der Waals surface area contributed by atoms with Gasteiger partial charge < -0.3 is 5.32 Å². The second kappa shape index (κ2) is 7.78. The van der Waals surface area contributed by atoms with Crippen LogP contribution in [0.5, 0.6) is 0 Å². The van der Waals surface area contributed by atoms with Gasteiger partial charge >= 0.3 is 0 Å². The highest BCUT2D eigenvalue weighted by molar-refractivity contribution is 6.05. The Hall–Kier alpha value is -2.62. The molecule has 0 atom stereocenters. The van der Waals surface area contributed by atoms with Crippen molar-refractivity contribution in [3.8, 4) is 0 Å². The maximum absolute atomic E-state index is 13.1. The van der Waals surface area contributed by atoms with Crippen molar-refractivity contribution in [2.45, 2.75) is 59.5 Å². The van der Waals surface area contributed by atoms with E-state index < -0.39 is 5.54 Å². The Morgan fingerprint density at radius 1 is 0.964 bits per heavy atom. The zero-order chi connectivity index (χ0) is 20.4. The number of nitrogens with zero attached hydrogens (tertiary/aromatic N) is 2. The fourth-order valence-electron chi connectivity index (χ4n) is 3.49. The summed E-state index contributed by atoms with van der Waals surface area (Å²) in [6, 6.07) is 18.0. The summed E-state index contributed by atoms with van der Waals surface area (Å²) in [4.78, 5) is 13.1. The average molecular weight is 378 g/mol. The van der Waals surface area contributed by atoms with Gasteiger partial charge in [0.2, 0.25) is 0 Å². The maximum atomic E-state index is 13.1. The highest BCUT2D eigenvalue weighted by Crippen LogP contribution is 2.25. The molecule has 0 unspecified atom stereocenters. The number of aryl methyl sites for hydroxylation is 1. The number of benzene rings is 2. The van der Waals surface area contributed by atoms with Crippen molar-refractivity contribution in [2.75, 3.05) is 0 Å². The lowest BCUT2D eigenvalue weighted by molar-refractivity contribution is 0.0907. The van der Waals surface area contributed by atoms with Gasteiger partial charge in [-0.1, -0.05) is 69.3 Å². The largest absolute Gasteiger partial charge is 0.342 e. The SMILES string of the molecule is CC(C)(C)CCCn1nc(C(=O)NC(C)(C)c2ccccc2)c2ccccc21. The molecule has 2 aromatic carbocycles. The molecule has 148 valence electrons. The van der Waals surface area contributed by atoms with E-state index in [1.807, 2.05) is 73.1 Å². The molecular formula is C24H31N3O. The molecule has 3 rings (SSSR count). The van der Waals surface area contributed by atoms with Crippen molar-refractivity contribution in [2.24, 2.45) is 5.41 Å². The van der Waals surface area contributed by atoms with Crippen molar-refractivity contribution in [1.29, 1.82) is 0 Å². The number of amides is 1. The zero-order valence-electron chi connectivity index (χ0n) is 17.6. The predicted molar refractivity (Wildman–Crippen MR) is 115 cm³/mol. The summed E-state index contributed by atoms with van der Waals surface area (Å²) in [5, 5.41) is 8.75. The lowest BCUT2D eigenvalue weighted by Crippen LogP contribution is -2.41. The Bertz CT molecular complexity index is 949. The number of hydrogen-bond donors (Lipinski definition) is 1. The van der Waals surface area contributed by atoms with E-state index in [2.05, 4.69) is 26.1 Å². The average Bonchev–Trinajstić information content (AvgIpc) is 3.00. The molecule has 0 saturated carbocycles. The minimum absolute atomic E-state index is 0.139. The first-order valence-corrected chi connectivity index (χ1v) is 10.0. The summed E-state index contributed by atoms with van der Waals surface area (Å²) in [6.45, 7) is 11.6. The number of carbonyl (C=O) groups excluding carboxylic acids is 1. The van der Waals surface area contributed by atoms with Crippen LogP contribution < -0.4 is 5.32 Å². The van der Waals surface area contributed by atoms with Crippen molar-refractivity contribution in [3.63, 3.8) is 0 Å². The highest BCUT2D eigenvalue weighted by atomic mass is 16.2. The lowest BCUT2D eigenvalue weighted by Gasteiger charge is -2.26. The lowest BCUT2D eigenvalue weighted by atomic mass is 9.91. The fraction of sp³-hybridized carbons (Fsp3) is 0.417. The summed E-state index contributed by atoms with van der Waals surface area (Å²) in [6.07, 6.45) is 2.15. The number of fused-ring (bicyclic) bond motifs is 1. The third-order valence-electron chi connectivity index (χ3n) is 5.09. The first-order valence-electron chi connectivity index (χ1n) is 10.0. The highest BCUT2D eigenvalue weighted by Gasteiger charge is 2.26. The second-order valence-electron chi connectivity index (χ2n) is 9.20. The van der Waals surface area contributed by atoms with Gasteiger partial charge in [0.1, 0.15) is 0 Å². The van der Waals surface area contributed by atoms with Crippen LogP contribution in [-0.2, 0) is 12.1 Å². The normalized spacial score (nSPS) is 12.3. The van der Waals surface area contributed by atoms with Crippen LogP contribution in [0, 0.1) is 5.41 Å². The number of rotatable bonds is 6. The van der Waals surface area contributed by atoms with Gasteiger partial charge in [-0.2, -0.15) is 5.10 Å². The van der Waals surface area contributed by atoms with E-state index in [0.29, 0.717) is 11.1 Å². The standard InChI is InChI=1S/C24H31N3O/c1-23(2,3)16-11-17-27-20-15-10-9-14-19(20)21(26-27)22(28)25-24(4,5)18-12-7-6-8-13-18/h6-10,12-15H,11,16-17H2,1-5H3,(H,25,28). The number of para-hydroxylation sites is 1. The van der Waals surface area contributed by atoms with E-state index in [1.54, 1.807) is 0 Å². The van der Waals surface area contributed by atoms with E-state index in [1.165, 1.54) is 0 Å². The smallest absolute Gasteiger partial charge is 0.273 e. The van der Waals surface area contributed by atoms with Crippen molar-refractivity contribution in [3.05, 3.63) is 65.9 Å². The summed E-state index contributed by atoms with van der Waals surface area (Å²) < 4.78 is 1.98. The topological polar surface area (TPSA) is 46.9 Å². The molecule has 0 aliphatic rings. The molecular weight excluding hydrogens is 346 g/mol. The molecule has 0 radical (unpaired) electrons. The van der Waals surface area contributed by atoms with Gasteiger partial charge in [-0.3, -0.25) is 9.48 Å². The molecule has 4 heteroatoms. The van der Waals surface area contributed by atoms with Gasteiger partial charge in [0.25, 0.3) is 5.91 Å². The van der Waals surface area contributed by atoms with E-state index in [-0.39, 0.29) is 5.91 Å². The van der Waals surface area contributed by atoms with Crippen LogP contribution in [0.2, 0.25) is 0 Å². The summed E-state index contributed by atoms with van der Waals surface area (Å²) in [5.41, 5.74) is 2.39. The molecule has 0 saturated heterocycles. The second-order valence-corrected chi connectivity index (χ2v) is 9.20. The van der Waals surface area contributed by atoms with E-state index in [4.69, 9.17) is 5.10 Å². The molecule has 0 bridgehead atoms. The monoisotopic (exact) mass is 377 g/mol. The van der Waals surface area contributed by atoms with Crippen LogP contribution in [0.1, 0.15) is 63.5 Å². The number of aromatic nitrogens is 2. The first kappa shape index (κ1) is 20.1. The molecule has 1 heterocycles.